The molecule has 0 heterocycles. The van der Waals surface area contributed by atoms with Crippen molar-refractivity contribution in [2.75, 3.05) is 14.2 Å². The molecule has 4 heteroatoms. The normalized spacial score (nSPS) is 11.8. The van der Waals surface area contributed by atoms with Crippen LogP contribution in [-0.2, 0) is 0 Å². The van der Waals surface area contributed by atoms with Crippen LogP contribution < -0.4 is 14.8 Å². The van der Waals surface area contributed by atoms with Crippen LogP contribution in [0, 0.1) is 0 Å². The summed E-state index contributed by atoms with van der Waals surface area (Å²) in [5.41, 5.74) is 1.53. The first-order chi connectivity index (χ1) is 12.1. The predicted octanol–water partition coefficient (Wildman–Crippen LogP) is 4.35. The standard InChI is InChI=1S/C21H21NO3/c1-14(19-13-16(24-2)11-12-20(19)25-3)22-21(23)18-10-6-8-15-7-4-5-9-17(15)18/h4-14H,1-3H3,(H,22,23). The molecule has 0 saturated heterocycles. The summed E-state index contributed by atoms with van der Waals surface area (Å²) in [6.07, 6.45) is 0. The molecule has 3 aromatic carbocycles. The number of benzene rings is 3. The molecule has 4 nitrogen and oxygen atoms in total. The van der Waals surface area contributed by atoms with Crippen molar-refractivity contribution in [3.63, 3.8) is 0 Å². The lowest BCUT2D eigenvalue weighted by atomic mass is 10.0. The molecule has 0 spiro atoms. The first kappa shape index (κ1) is 16.8. The second kappa shape index (κ2) is 7.26. The zero-order valence-corrected chi connectivity index (χ0v) is 14.6. The third-order valence-corrected chi connectivity index (χ3v) is 4.29. The first-order valence-electron chi connectivity index (χ1n) is 8.14. The summed E-state index contributed by atoms with van der Waals surface area (Å²) in [4.78, 5) is 12.8. The van der Waals surface area contributed by atoms with Crippen LogP contribution >= 0.6 is 0 Å². The van der Waals surface area contributed by atoms with Crippen LogP contribution in [0.1, 0.15) is 28.9 Å². The van der Waals surface area contributed by atoms with Gasteiger partial charge in [-0.15, -0.1) is 0 Å². The minimum atomic E-state index is -0.225. The minimum absolute atomic E-state index is 0.117. The number of fused-ring (bicyclic) bond motifs is 1. The van der Waals surface area contributed by atoms with E-state index in [1.54, 1.807) is 14.2 Å². The van der Waals surface area contributed by atoms with E-state index < -0.39 is 0 Å². The number of amides is 1. The zero-order valence-electron chi connectivity index (χ0n) is 14.6. The number of hydrogen-bond donors (Lipinski definition) is 1. The minimum Gasteiger partial charge on any atom is -0.497 e. The smallest absolute Gasteiger partial charge is 0.252 e. The van der Waals surface area contributed by atoms with Gasteiger partial charge in [0.1, 0.15) is 11.5 Å². The Morgan fingerprint density at radius 1 is 0.960 bits per heavy atom. The maximum atomic E-state index is 12.8. The van der Waals surface area contributed by atoms with Gasteiger partial charge in [-0.25, -0.2) is 0 Å². The van der Waals surface area contributed by atoms with Crippen LogP contribution in [0.5, 0.6) is 11.5 Å². The van der Waals surface area contributed by atoms with E-state index >= 15 is 0 Å². The number of carbonyl (C=O) groups excluding carboxylic acids is 1. The summed E-state index contributed by atoms with van der Waals surface area (Å²) in [6.45, 7) is 1.93. The Morgan fingerprint density at radius 2 is 1.72 bits per heavy atom. The van der Waals surface area contributed by atoms with Crippen molar-refractivity contribution in [3.05, 3.63) is 71.8 Å². The lowest BCUT2D eigenvalue weighted by Gasteiger charge is -2.19. The van der Waals surface area contributed by atoms with Gasteiger partial charge in [0.05, 0.1) is 20.3 Å². The lowest BCUT2D eigenvalue weighted by molar-refractivity contribution is 0.0941. The van der Waals surface area contributed by atoms with Crippen molar-refractivity contribution >= 4 is 16.7 Å². The largest absolute Gasteiger partial charge is 0.497 e. The molecule has 25 heavy (non-hydrogen) atoms. The quantitative estimate of drug-likeness (QED) is 0.754. The Balaban J connectivity index is 1.90. The highest BCUT2D eigenvalue weighted by Gasteiger charge is 2.17. The second-order valence-electron chi connectivity index (χ2n) is 5.83. The van der Waals surface area contributed by atoms with Crippen LogP contribution in [0.4, 0.5) is 0 Å². The molecular formula is C21H21NO3. The molecule has 0 aliphatic rings. The van der Waals surface area contributed by atoms with E-state index in [0.717, 1.165) is 22.1 Å². The monoisotopic (exact) mass is 335 g/mol. The molecule has 1 unspecified atom stereocenters. The molecule has 3 rings (SSSR count). The van der Waals surface area contributed by atoms with Gasteiger partial charge in [0, 0.05) is 11.1 Å². The fourth-order valence-electron chi connectivity index (χ4n) is 2.95. The summed E-state index contributed by atoms with van der Waals surface area (Å²) in [6, 6.07) is 18.9. The zero-order chi connectivity index (χ0) is 17.8. The van der Waals surface area contributed by atoms with Gasteiger partial charge < -0.3 is 14.8 Å². The molecule has 3 aromatic rings. The van der Waals surface area contributed by atoms with Crippen molar-refractivity contribution < 1.29 is 14.3 Å². The summed E-state index contributed by atoms with van der Waals surface area (Å²) in [5, 5.41) is 5.04. The fourth-order valence-corrected chi connectivity index (χ4v) is 2.95. The van der Waals surface area contributed by atoms with Gasteiger partial charge >= 0.3 is 0 Å². The van der Waals surface area contributed by atoms with Gasteiger partial charge in [-0.1, -0.05) is 36.4 Å². The Morgan fingerprint density at radius 3 is 2.48 bits per heavy atom. The average Bonchev–Trinajstić information content (AvgIpc) is 2.66. The molecule has 1 N–H and O–H groups in total. The van der Waals surface area contributed by atoms with Gasteiger partial charge in [0.15, 0.2) is 0 Å². The van der Waals surface area contributed by atoms with Crippen molar-refractivity contribution in [1.29, 1.82) is 0 Å². The summed E-state index contributed by atoms with van der Waals surface area (Å²) < 4.78 is 10.7. The molecule has 0 aliphatic heterocycles. The van der Waals surface area contributed by atoms with E-state index in [-0.39, 0.29) is 11.9 Å². The predicted molar refractivity (Wildman–Crippen MR) is 99.4 cm³/mol. The lowest BCUT2D eigenvalue weighted by Crippen LogP contribution is -2.27. The van der Waals surface area contributed by atoms with Gasteiger partial charge in [-0.05, 0) is 42.0 Å². The highest BCUT2D eigenvalue weighted by Crippen LogP contribution is 2.29. The number of nitrogens with one attached hydrogen (secondary N) is 1. The highest BCUT2D eigenvalue weighted by atomic mass is 16.5. The van der Waals surface area contributed by atoms with E-state index in [4.69, 9.17) is 9.47 Å². The van der Waals surface area contributed by atoms with E-state index in [1.807, 2.05) is 67.6 Å². The summed E-state index contributed by atoms with van der Waals surface area (Å²) in [5.74, 6) is 1.32. The van der Waals surface area contributed by atoms with Crippen LogP contribution in [0.2, 0.25) is 0 Å². The maximum Gasteiger partial charge on any atom is 0.252 e. The average molecular weight is 335 g/mol. The van der Waals surface area contributed by atoms with Gasteiger partial charge in [0.25, 0.3) is 5.91 Å². The molecule has 0 aromatic heterocycles. The number of ether oxygens (including phenoxy) is 2. The molecular weight excluding hydrogens is 314 g/mol. The Kier molecular flexibility index (Phi) is 4.89. The molecule has 0 saturated carbocycles. The molecule has 0 radical (unpaired) electrons. The van der Waals surface area contributed by atoms with E-state index in [9.17, 15) is 4.79 Å². The number of carbonyl (C=O) groups is 1. The molecule has 0 fully saturated rings. The molecule has 128 valence electrons. The molecule has 1 amide bonds. The van der Waals surface area contributed by atoms with Crippen molar-refractivity contribution in [3.8, 4) is 11.5 Å². The van der Waals surface area contributed by atoms with E-state index in [2.05, 4.69) is 5.32 Å². The van der Waals surface area contributed by atoms with Crippen LogP contribution in [0.15, 0.2) is 60.7 Å². The van der Waals surface area contributed by atoms with E-state index in [1.165, 1.54) is 0 Å². The van der Waals surface area contributed by atoms with Crippen molar-refractivity contribution in [2.24, 2.45) is 0 Å². The SMILES string of the molecule is COc1ccc(OC)c(C(C)NC(=O)c2cccc3ccccc23)c1. The third kappa shape index (κ3) is 3.43. The van der Waals surface area contributed by atoms with Crippen LogP contribution in [0.3, 0.4) is 0 Å². The Hall–Kier alpha value is -3.01. The van der Waals surface area contributed by atoms with Crippen LogP contribution in [0.25, 0.3) is 10.8 Å². The highest BCUT2D eigenvalue weighted by molar-refractivity contribution is 6.07. The summed E-state index contributed by atoms with van der Waals surface area (Å²) in [7, 11) is 3.23. The first-order valence-corrected chi connectivity index (χ1v) is 8.14. The van der Waals surface area contributed by atoms with Gasteiger partial charge in [0.2, 0.25) is 0 Å². The molecule has 0 bridgehead atoms. The Bertz CT molecular complexity index is 899. The molecule has 0 aliphatic carbocycles. The van der Waals surface area contributed by atoms with E-state index in [0.29, 0.717) is 11.3 Å². The van der Waals surface area contributed by atoms with Crippen molar-refractivity contribution in [2.45, 2.75) is 13.0 Å². The number of hydrogen-bond acceptors (Lipinski definition) is 3. The second-order valence-corrected chi connectivity index (χ2v) is 5.83. The van der Waals surface area contributed by atoms with Crippen LogP contribution in [-0.4, -0.2) is 20.1 Å². The van der Waals surface area contributed by atoms with Crippen molar-refractivity contribution in [1.82, 2.24) is 5.32 Å². The summed E-state index contributed by atoms with van der Waals surface area (Å²) >= 11 is 0. The third-order valence-electron chi connectivity index (χ3n) is 4.29. The topological polar surface area (TPSA) is 47.6 Å². The fraction of sp³-hybridized carbons (Fsp3) is 0.190. The Labute approximate surface area is 147 Å². The molecule has 1 atom stereocenters. The van der Waals surface area contributed by atoms with Gasteiger partial charge in [-0.2, -0.15) is 0 Å². The number of methoxy groups -OCH3 is 2. The number of rotatable bonds is 5. The maximum absolute atomic E-state index is 12.8. The van der Waals surface area contributed by atoms with Gasteiger partial charge in [-0.3, -0.25) is 4.79 Å².